The molecule has 2 N–H and O–H groups in total. The molecule has 0 aromatic carbocycles. The van der Waals surface area contributed by atoms with Gasteiger partial charge in [-0.3, -0.25) is 0 Å². The Balaban J connectivity index is 2.15. The lowest BCUT2D eigenvalue weighted by molar-refractivity contribution is 0.0536. The number of carbonyl (C=O) groups excluding carboxylic acids is 1. The van der Waals surface area contributed by atoms with Crippen LogP contribution in [0.25, 0.3) is 0 Å². The molecule has 0 saturated heterocycles. The molecule has 0 spiro atoms. The van der Waals surface area contributed by atoms with Gasteiger partial charge >= 0.3 is 6.09 Å². The summed E-state index contributed by atoms with van der Waals surface area (Å²) >= 11 is 0. The summed E-state index contributed by atoms with van der Waals surface area (Å²) in [4.78, 5) is 16.1. The monoisotopic (exact) mass is 251 g/mol. The van der Waals surface area contributed by atoms with Crippen LogP contribution >= 0.6 is 0 Å². The van der Waals surface area contributed by atoms with Crippen molar-refractivity contribution in [3.05, 3.63) is 18.2 Å². The van der Waals surface area contributed by atoms with E-state index in [2.05, 4.69) is 18.8 Å². The summed E-state index contributed by atoms with van der Waals surface area (Å²) in [7, 11) is 0. The molecule has 0 bridgehead atoms. The molecule has 0 amide bonds. The average molecular weight is 251 g/mol. The zero-order valence-electron chi connectivity index (χ0n) is 11.7. The third kappa shape index (κ3) is 2.14. The van der Waals surface area contributed by atoms with Crippen LogP contribution in [0.3, 0.4) is 0 Å². The molecule has 1 aliphatic carbocycles. The SMILES string of the molecule is CC(C)(C)OC(=O)n1cnc(C2(N)CC2(C)C)c1. The minimum absolute atomic E-state index is 0.0418. The number of aromatic nitrogens is 2. The quantitative estimate of drug-likeness (QED) is 0.831. The Kier molecular flexibility index (Phi) is 2.59. The van der Waals surface area contributed by atoms with Crippen molar-refractivity contribution in [2.45, 2.75) is 52.2 Å². The molecular formula is C13H21N3O2. The van der Waals surface area contributed by atoms with Gasteiger partial charge in [0, 0.05) is 6.20 Å². The summed E-state index contributed by atoms with van der Waals surface area (Å²) in [6.07, 6.45) is 3.59. The molecule has 1 atom stereocenters. The fourth-order valence-corrected chi connectivity index (χ4v) is 2.06. The summed E-state index contributed by atoms with van der Waals surface area (Å²) in [6.45, 7) is 9.69. The van der Waals surface area contributed by atoms with E-state index in [4.69, 9.17) is 10.5 Å². The van der Waals surface area contributed by atoms with Crippen molar-refractivity contribution in [2.24, 2.45) is 11.1 Å². The summed E-state index contributed by atoms with van der Waals surface area (Å²) in [5.74, 6) is 0. The molecule has 1 aliphatic rings. The van der Waals surface area contributed by atoms with Crippen LogP contribution in [-0.2, 0) is 10.3 Å². The molecular weight excluding hydrogens is 230 g/mol. The highest BCUT2D eigenvalue weighted by Crippen LogP contribution is 2.59. The third-order valence-corrected chi connectivity index (χ3v) is 3.45. The van der Waals surface area contributed by atoms with Gasteiger partial charge in [-0.2, -0.15) is 0 Å². The number of ether oxygens (including phenoxy) is 1. The number of rotatable bonds is 1. The Morgan fingerprint density at radius 2 is 2.06 bits per heavy atom. The van der Waals surface area contributed by atoms with E-state index in [1.54, 1.807) is 6.20 Å². The zero-order chi connectivity index (χ0) is 13.8. The summed E-state index contributed by atoms with van der Waals surface area (Å²) in [5.41, 5.74) is 6.12. The Morgan fingerprint density at radius 1 is 1.50 bits per heavy atom. The maximum Gasteiger partial charge on any atom is 0.419 e. The van der Waals surface area contributed by atoms with E-state index in [0.29, 0.717) is 0 Å². The fraction of sp³-hybridized carbons (Fsp3) is 0.692. The Morgan fingerprint density at radius 3 is 2.50 bits per heavy atom. The fourth-order valence-electron chi connectivity index (χ4n) is 2.06. The predicted molar refractivity (Wildman–Crippen MR) is 68.1 cm³/mol. The standard InChI is InChI=1S/C13H21N3O2/c1-11(2,3)18-10(17)16-6-9(15-8-16)13(14)7-12(13,4)5/h6,8H,7,14H2,1-5H3. The van der Waals surface area contributed by atoms with Gasteiger partial charge in [0.1, 0.15) is 11.9 Å². The number of nitrogens with zero attached hydrogens (tertiary/aromatic N) is 2. The van der Waals surface area contributed by atoms with E-state index in [9.17, 15) is 4.79 Å². The highest BCUT2D eigenvalue weighted by atomic mass is 16.6. The van der Waals surface area contributed by atoms with Gasteiger partial charge in [-0.25, -0.2) is 14.3 Å². The van der Waals surface area contributed by atoms with Gasteiger partial charge in [-0.05, 0) is 32.6 Å². The average Bonchev–Trinajstić information content (AvgIpc) is 2.62. The van der Waals surface area contributed by atoms with Crippen LogP contribution in [0.1, 0.15) is 46.7 Å². The van der Waals surface area contributed by atoms with Crippen LogP contribution in [-0.4, -0.2) is 21.2 Å². The Hall–Kier alpha value is -1.36. The number of nitrogens with two attached hydrogens (primary N) is 1. The van der Waals surface area contributed by atoms with Crippen LogP contribution in [0.15, 0.2) is 12.5 Å². The highest BCUT2D eigenvalue weighted by molar-refractivity contribution is 5.70. The van der Waals surface area contributed by atoms with Crippen molar-refractivity contribution in [3.63, 3.8) is 0 Å². The van der Waals surface area contributed by atoms with E-state index < -0.39 is 17.2 Å². The smallest absolute Gasteiger partial charge is 0.419 e. The van der Waals surface area contributed by atoms with Crippen LogP contribution in [0, 0.1) is 5.41 Å². The second-order valence-corrected chi connectivity index (χ2v) is 6.68. The maximum atomic E-state index is 11.8. The number of imidazole rings is 1. The second-order valence-electron chi connectivity index (χ2n) is 6.68. The number of carbonyl (C=O) groups is 1. The summed E-state index contributed by atoms with van der Waals surface area (Å²) in [6, 6.07) is 0. The summed E-state index contributed by atoms with van der Waals surface area (Å²) < 4.78 is 6.62. The van der Waals surface area contributed by atoms with Gasteiger partial charge in [-0.15, -0.1) is 0 Å². The van der Waals surface area contributed by atoms with E-state index >= 15 is 0 Å². The molecule has 1 fully saturated rings. The number of hydrogen-bond donors (Lipinski definition) is 1. The zero-order valence-corrected chi connectivity index (χ0v) is 11.7. The van der Waals surface area contributed by atoms with Gasteiger partial charge < -0.3 is 10.5 Å². The minimum Gasteiger partial charge on any atom is -0.443 e. The van der Waals surface area contributed by atoms with E-state index in [1.807, 2.05) is 20.8 Å². The van der Waals surface area contributed by atoms with Gasteiger partial charge in [0.15, 0.2) is 0 Å². The third-order valence-electron chi connectivity index (χ3n) is 3.45. The number of hydrogen-bond acceptors (Lipinski definition) is 4. The first-order valence-electron chi connectivity index (χ1n) is 6.12. The molecule has 0 aliphatic heterocycles. The first kappa shape index (κ1) is 13.1. The summed E-state index contributed by atoms with van der Waals surface area (Å²) in [5, 5.41) is 0. The largest absolute Gasteiger partial charge is 0.443 e. The normalized spacial score (nSPS) is 25.9. The van der Waals surface area contributed by atoms with Crippen LogP contribution < -0.4 is 5.73 Å². The van der Waals surface area contributed by atoms with Crippen molar-refractivity contribution in [1.29, 1.82) is 0 Å². The van der Waals surface area contributed by atoms with Crippen molar-refractivity contribution >= 4 is 6.09 Å². The van der Waals surface area contributed by atoms with Crippen LogP contribution in [0.2, 0.25) is 0 Å². The van der Waals surface area contributed by atoms with Gasteiger partial charge in [-0.1, -0.05) is 13.8 Å². The predicted octanol–water partition coefficient (Wildman–Crippen LogP) is 2.25. The van der Waals surface area contributed by atoms with Gasteiger partial charge in [0.2, 0.25) is 0 Å². The molecule has 5 heteroatoms. The topological polar surface area (TPSA) is 70.1 Å². The van der Waals surface area contributed by atoms with Crippen molar-refractivity contribution in [2.75, 3.05) is 0 Å². The molecule has 100 valence electrons. The first-order valence-corrected chi connectivity index (χ1v) is 6.12. The molecule has 1 aromatic heterocycles. The Bertz CT molecular complexity index is 485. The van der Waals surface area contributed by atoms with E-state index in [-0.39, 0.29) is 5.41 Å². The van der Waals surface area contributed by atoms with Crippen LogP contribution in [0.4, 0.5) is 4.79 Å². The first-order chi connectivity index (χ1) is 8.05. The van der Waals surface area contributed by atoms with E-state index in [0.717, 1.165) is 12.1 Å². The lowest BCUT2D eigenvalue weighted by Gasteiger charge is -2.19. The van der Waals surface area contributed by atoms with Gasteiger partial charge in [0.25, 0.3) is 0 Å². The van der Waals surface area contributed by atoms with Crippen molar-refractivity contribution < 1.29 is 9.53 Å². The highest BCUT2D eigenvalue weighted by Gasteiger charge is 2.60. The van der Waals surface area contributed by atoms with Gasteiger partial charge in [0.05, 0.1) is 11.2 Å². The molecule has 2 rings (SSSR count). The minimum atomic E-state index is -0.513. The molecule has 1 unspecified atom stereocenters. The second kappa shape index (κ2) is 3.57. The molecule has 1 aromatic rings. The molecule has 1 saturated carbocycles. The van der Waals surface area contributed by atoms with Crippen molar-refractivity contribution in [3.8, 4) is 0 Å². The lowest BCUT2D eigenvalue weighted by Crippen LogP contribution is -2.27. The lowest BCUT2D eigenvalue weighted by atomic mass is 10.0. The molecule has 1 heterocycles. The Labute approximate surface area is 107 Å². The van der Waals surface area contributed by atoms with E-state index in [1.165, 1.54) is 10.9 Å². The molecule has 5 nitrogen and oxygen atoms in total. The maximum absolute atomic E-state index is 11.8. The van der Waals surface area contributed by atoms with Crippen molar-refractivity contribution in [1.82, 2.24) is 9.55 Å². The van der Waals surface area contributed by atoms with Crippen LogP contribution in [0.5, 0.6) is 0 Å². The molecule has 0 radical (unpaired) electrons. The molecule has 18 heavy (non-hydrogen) atoms.